The number of nitrogens with one attached hydrogen (secondary N) is 2. The molecule has 2 fully saturated rings. The van der Waals surface area contributed by atoms with Crippen molar-refractivity contribution in [3.8, 4) is 0 Å². The van der Waals surface area contributed by atoms with Gasteiger partial charge in [0, 0.05) is 44.1 Å². The van der Waals surface area contributed by atoms with Gasteiger partial charge in [-0.2, -0.15) is 0 Å². The lowest BCUT2D eigenvalue weighted by molar-refractivity contribution is -0.123. The number of ether oxygens (including phenoxy) is 1. The molecule has 6 nitrogen and oxygen atoms in total. The van der Waals surface area contributed by atoms with Crippen molar-refractivity contribution in [3.63, 3.8) is 0 Å². The Balaban J connectivity index is 1.90. The third kappa shape index (κ3) is 5.36. The van der Waals surface area contributed by atoms with Gasteiger partial charge in [-0.15, -0.1) is 0 Å². The van der Waals surface area contributed by atoms with Crippen LogP contribution in [-0.2, 0) is 9.53 Å². The zero-order valence-corrected chi connectivity index (χ0v) is 15.6. The van der Waals surface area contributed by atoms with Crippen LogP contribution in [0.2, 0.25) is 0 Å². The fourth-order valence-corrected chi connectivity index (χ4v) is 3.59. The van der Waals surface area contributed by atoms with Crippen LogP contribution in [-0.4, -0.2) is 62.7 Å². The van der Waals surface area contributed by atoms with Crippen molar-refractivity contribution >= 4 is 11.9 Å². The summed E-state index contributed by atoms with van der Waals surface area (Å²) in [5, 5.41) is 6.33. The molecule has 0 aromatic heterocycles. The average Bonchev–Trinajstić information content (AvgIpc) is 2.58. The molecule has 1 unspecified atom stereocenters. The molecule has 24 heavy (non-hydrogen) atoms. The molecule has 2 N–H and O–H groups in total. The maximum atomic E-state index is 11.6. The number of likely N-dealkylation sites (tertiary alicyclic amines) is 1. The van der Waals surface area contributed by atoms with E-state index < -0.39 is 0 Å². The third-order valence-electron chi connectivity index (χ3n) is 4.90. The number of hydrogen-bond acceptors (Lipinski definition) is 3. The first-order chi connectivity index (χ1) is 11.6. The van der Waals surface area contributed by atoms with Crippen LogP contribution >= 0.6 is 0 Å². The van der Waals surface area contributed by atoms with E-state index in [1.807, 2.05) is 13.8 Å². The Morgan fingerprint density at radius 3 is 2.75 bits per heavy atom. The predicted molar refractivity (Wildman–Crippen MR) is 97.1 cm³/mol. The van der Waals surface area contributed by atoms with Crippen LogP contribution in [0.5, 0.6) is 0 Å². The first-order valence-corrected chi connectivity index (χ1v) is 9.45. The molecule has 0 radical (unpaired) electrons. The van der Waals surface area contributed by atoms with E-state index in [0.717, 1.165) is 38.8 Å². The van der Waals surface area contributed by atoms with Crippen molar-refractivity contribution in [3.05, 3.63) is 0 Å². The molecule has 0 aliphatic carbocycles. The third-order valence-corrected chi connectivity index (χ3v) is 4.90. The number of guanidine groups is 1. The molecule has 138 valence electrons. The van der Waals surface area contributed by atoms with Gasteiger partial charge in [-0.05, 0) is 32.6 Å². The summed E-state index contributed by atoms with van der Waals surface area (Å²) in [6.45, 7) is 11.8. The van der Waals surface area contributed by atoms with Crippen LogP contribution in [0.15, 0.2) is 4.99 Å². The molecule has 1 amide bonds. The Hall–Kier alpha value is -1.30. The number of rotatable bonds is 5. The smallest absolute Gasteiger partial charge is 0.222 e. The van der Waals surface area contributed by atoms with Crippen LogP contribution in [0.25, 0.3) is 0 Å². The highest BCUT2D eigenvalue weighted by molar-refractivity contribution is 5.80. The van der Waals surface area contributed by atoms with Crippen LogP contribution < -0.4 is 10.6 Å². The van der Waals surface area contributed by atoms with E-state index in [1.54, 1.807) is 0 Å². The number of aliphatic imine (C=N–C) groups is 1. The number of piperidine rings is 1. The van der Waals surface area contributed by atoms with Gasteiger partial charge in [0.15, 0.2) is 5.96 Å². The second kappa shape index (κ2) is 9.25. The molecule has 2 aliphatic heterocycles. The summed E-state index contributed by atoms with van der Waals surface area (Å²) in [6, 6.07) is 0. The molecule has 2 rings (SSSR count). The van der Waals surface area contributed by atoms with Gasteiger partial charge in [0.05, 0.1) is 13.2 Å². The predicted octanol–water partition coefficient (Wildman–Crippen LogP) is 1.62. The summed E-state index contributed by atoms with van der Waals surface area (Å²) >= 11 is 0. The van der Waals surface area contributed by atoms with Gasteiger partial charge in [-0.25, -0.2) is 0 Å². The van der Waals surface area contributed by atoms with Crippen LogP contribution in [0.4, 0.5) is 0 Å². The molecular formula is C18H34N4O2. The summed E-state index contributed by atoms with van der Waals surface area (Å²) in [5.41, 5.74) is 0.304. The van der Waals surface area contributed by atoms with Gasteiger partial charge < -0.3 is 20.3 Å². The van der Waals surface area contributed by atoms with Crippen molar-refractivity contribution in [2.24, 2.45) is 16.3 Å². The molecule has 0 aromatic carbocycles. The molecular weight excluding hydrogens is 304 g/mol. The fraction of sp³-hybridized carbons (Fsp3) is 0.889. The first kappa shape index (κ1) is 19.0. The monoisotopic (exact) mass is 338 g/mol. The standard InChI is InChI=1S/C18H34N4O2/c1-4-19-17(21-10-9-20-16(23)15(2)3)22-11-5-7-18(13-22)8-6-12-24-14-18/h15H,4-14H2,1-3H3,(H,19,21)(H,20,23). The first-order valence-electron chi connectivity index (χ1n) is 9.45. The number of amides is 1. The number of nitrogens with zero attached hydrogens (tertiary/aromatic N) is 2. The van der Waals surface area contributed by atoms with E-state index in [2.05, 4.69) is 22.5 Å². The van der Waals surface area contributed by atoms with E-state index in [4.69, 9.17) is 9.73 Å². The van der Waals surface area contributed by atoms with E-state index >= 15 is 0 Å². The summed E-state index contributed by atoms with van der Waals surface area (Å²) in [7, 11) is 0. The average molecular weight is 338 g/mol. The SMILES string of the molecule is CCNC(=NCCNC(=O)C(C)C)N1CCCC2(CCCOC2)C1. The highest BCUT2D eigenvalue weighted by Crippen LogP contribution is 2.37. The molecule has 1 spiro atoms. The van der Waals surface area contributed by atoms with Crippen LogP contribution in [0.1, 0.15) is 46.5 Å². The lowest BCUT2D eigenvalue weighted by atomic mass is 9.76. The molecule has 0 saturated carbocycles. The second-order valence-corrected chi connectivity index (χ2v) is 7.36. The van der Waals surface area contributed by atoms with E-state index in [9.17, 15) is 4.79 Å². The van der Waals surface area contributed by atoms with Crippen molar-refractivity contribution in [2.45, 2.75) is 46.5 Å². The Labute approximate surface area is 146 Å². The van der Waals surface area contributed by atoms with E-state index in [1.165, 1.54) is 25.7 Å². The van der Waals surface area contributed by atoms with Gasteiger partial charge in [-0.1, -0.05) is 13.8 Å². The highest BCUT2D eigenvalue weighted by Gasteiger charge is 2.38. The minimum atomic E-state index is 0.0236. The van der Waals surface area contributed by atoms with E-state index in [-0.39, 0.29) is 11.8 Å². The minimum Gasteiger partial charge on any atom is -0.381 e. The molecule has 0 aromatic rings. The van der Waals surface area contributed by atoms with Gasteiger partial charge >= 0.3 is 0 Å². The lowest BCUT2D eigenvalue weighted by Crippen LogP contribution is -2.53. The lowest BCUT2D eigenvalue weighted by Gasteiger charge is -2.45. The van der Waals surface area contributed by atoms with Crippen molar-refractivity contribution < 1.29 is 9.53 Å². The molecule has 2 heterocycles. The summed E-state index contributed by atoms with van der Waals surface area (Å²) < 4.78 is 5.76. The van der Waals surface area contributed by atoms with Crippen molar-refractivity contribution in [1.29, 1.82) is 0 Å². The molecule has 2 saturated heterocycles. The quantitative estimate of drug-likeness (QED) is 0.454. The van der Waals surface area contributed by atoms with Crippen molar-refractivity contribution in [1.82, 2.24) is 15.5 Å². The largest absolute Gasteiger partial charge is 0.381 e. The van der Waals surface area contributed by atoms with Gasteiger partial charge in [0.1, 0.15) is 0 Å². The Bertz CT molecular complexity index is 425. The molecule has 6 heteroatoms. The Morgan fingerprint density at radius 2 is 2.08 bits per heavy atom. The Morgan fingerprint density at radius 1 is 1.29 bits per heavy atom. The maximum absolute atomic E-state index is 11.6. The molecule has 0 bridgehead atoms. The van der Waals surface area contributed by atoms with Gasteiger partial charge in [0.25, 0.3) is 0 Å². The fourth-order valence-electron chi connectivity index (χ4n) is 3.59. The number of carbonyl (C=O) groups excluding carboxylic acids is 1. The number of carbonyl (C=O) groups is 1. The minimum absolute atomic E-state index is 0.0236. The summed E-state index contributed by atoms with van der Waals surface area (Å²) in [4.78, 5) is 18.7. The van der Waals surface area contributed by atoms with E-state index in [0.29, 0.717) is 18.5 Å². The highest BCUT2D eigenvalue weighted by atomic mass is 16.5. The summed E-state index contributed by atoms with van der Waals surface area (Å²) in [5.74, 6) is 1.09. The zero-order valence-electron chi connectivity index (χ0n) is 15.6. The Kier molecular flexibility index (Phi) is 7.34. The zero-order chi connectivity index (χ0) is 17.4. The number of hydrogen-bond donors (Lipinski definition) is 2. The second-order valence-electron chi connectivity index (χ2n) is 7.36. The maximum Gasteiger partial charge on any atom is 0.222 e. The van der Waals surface area contributed by atoms with Gasteiger partial charge in [-0.3, -0.25) is 9.79 Å². The molecule has 2 aliphatic rings. The van der Waals surface area contributed by atoms with Crippen LogP contribution in [0.3, 0.4) is 0 Å². The van der Waals surface area contributed by atoms with Crippen LogP contribution in [0, 0.1) is 11.3 Å². The topological polar surface area (TPSA) is 66.0 Å². The normalized spacial score (nSPS) is 25.2. The van der Waals surface area contributed by atoms with Gasteiger partial charge in [0.2, 0.25) is 5.91 Å². The molecule has 1 atom stereocenters. The summed E-state index contributed by atoms with van der Waals surface area (Å²) in [6.07, 6.45) is 4.88. The van der Waals surface area contributed by atoms with Crippen molar-refractivity contribution in [2.75, 3.05) is 45.9 Å².